The third kappa shape index (κ3) is 6.23. The summed E-state index contributed by atoms with van der Waals surface area (Å²) in [6.07, 6.45) is 2.02. The van der Waals surface area contributed by atoms with Crippen LogP contribution in [-0.2, 0) is 4.79 Å². The number of carbonyl (C=O) groups is 2. The Bertz CT molecular complexity index is 819. The van der Waals surface area contributed by atoms with Crippen LogP contribution in [0, 0.1) is 0 Å². The molecule has 27 heavy (non-hydrogen) atoms. The molecule has 2 aromatic carbocycles. The van der Waals surface area contributed by atoms with Crippen LogP contribution < -0.4 is 15.4 Å². The number of benzene rings is 2. The fourth-order valence-electron chi connectivity index (χ4n) is 2.28. The number of hydrogen-bond donors (Lipinski definition) is 3. The topological polar surface area (TPSA) is 87.7 Å². The first-order valence-corrected chi connectivity index (χ1v) is 9.15. The average molecular weight is 433 g/mol. The first kappa shape index (κ1) is 20.7. The molecule has 0 saturated heterocycles. The standard InChI is InChI=1S/C20H21BrN2O4/c1-27-18-6-3-2-5-16(18)19(25)23-17(20(26)22-11-4-12-24)13-14-7-9-15(21)10-8-14/h2-3,5-10,13,24H,4,11-12H2,1H3,(H,22,26)(H,23,25)/b17-13-. The summed E-state index contributed by atoms with van der Waals surface area (Å²) in [4.78, 5) is 25.1. The van der Waals surface area contributed by atoms with E-state index in [1.165, 1.54) is 7.11 Å². The van der Waals surface area contributed by atoms with E-state index in [9.17, 15) is 9.59 Å². The van der Waals surface area contributed by atoms with E-state index >= 15 is 0 Å². The van der Waals surface area contributed by atoms with Gasteiger partial charge in [-0.2, -0.15) is 0 Å². The number of halogens is 1. The molecule has 0 aliphatic carbocycles. The van der Waals surface area contributed by atoms with Gasteiger partial charge in [-0.15, -0.1) is 0 Å². The normalized spacial score (nSPS) is 11.0. The van der Waals surface area contributed by atoms with Crippen LogP contribution in [0.1, 0.15) is 22.3 Å². The Morgan fingerprint density at radius 2 is 1.85 bits per heavy atom. The van der Waals surface area contributed by atoms with Crippen molar-refractivity contribution in [3.63, 3.8) is 0 Å². The van der Waals surface area contributed by atoms with Gasteiger partial charge in [-0.25, -0.2) is 0 Å². The van der Waals surface area contributed by atoms with Gasteiger partial charge >= 0.3 is 0 Å². The van der Waals surface area contributed by atoms with Crippen LogP contribution in [0.5, 0.6) is 5.75 Å². The second-order valence-corrected chi connectivity index (χ2v) is 6.51. The van der Waals surface area contributed by atoms with Gasteiger partial charge in [0.05, 0.1) is 12.7 Å². The highest BCUT2D eigenvalue weighted by molar-refractivity contribution is 9.10. The van der Waals surface area contributed by atoms with Crippen molar-refractivity contribution >= 4 is 33.8 Å². The molecular weight excluding hydrogens is 412 g/mol. The number of para-hydroxylation sites is 1. The highest BCUT2D eigenvalue weighted by Crippen LogP contribution is 2.18. The molecule has 0 spiro atoms. The molecule has 0 radical (unpaired) electrons. The summed E-state index contributed by atoms with van der Waals surface area (Å²) < 4.78 is 6.11. The van der Waals surface area contributed by atoms with Crippen LogP contribution in [-0.4, -0.2) is 37.2 Å². The highest BCUT2D eigenvalue weighted by atomic mass is 79.9. The summed E-state index contributed by atoms with van der Waals surface area (Å²) in [5.41, 5.74) is 1.18. The van der Waals surface area contributed by atoms with E-state index in [1.807, 2.05) is 24.3 Å². The molecule has 3 N–H and O–H groups in total. The van der Waals surface area contributed by atoms with Gasteiger partial charge in [0.15, 0.2) is 0 Å². The maximum absolute atomic E-state index is 12.7. The van der Waals surface area contributed by atoms with E-state index in [-0.39, 0.29) is 12.3 Å². The van der Waals surface area contributed by atoms with E-state index in [4.69, 9.17) is 9.84 Å². The van der Waals surface area contributed by atoms with Crippen molar-refractivity contribution < 1.29 is 19.4 Å². The molecule has 0 fully saturated rings. The highest BCUT2D eigenvalue weighted by Gasteiger charge is 2.17. The van der Waals surface area contributed by atoms with E-state index < -0.39 is 11.8 Å². The smallest absolute Gasteiger partial charge is 0.267 e. The molecule has 2 rings (SSSR count). The van der Waals surface area contributed by atoms with Gasteiger partial charge in [-0.3, -0.25) is 9.59 Å². The van der Waals surface area contributed by atoms with Crippen molar-refractivity contribution in [1.29, 1.82) is 0 Å². The second kappa shape index (κ2) is 10.5. The lowest BCUT2D eigenvalue weighted by molar-refractivity contribution is -0.117. The van der Waals surface area contributed by atoms with Gasteiger partial charge in [0.25, 0.3) is 11.8 Å². The third-order valence-electron chi connectivity index (χ3n) is 3.65. The molecule has 6 nitrogen and oxygen atoms in total. The van der Waals surface area contributed by atoms with Crippen molar-refractivity contribution in [2.45, 2.75) is 6.42 Å². The second-order valence-electron chi connectivity index (χ2n) is 5.60. The van der Waals surface area contributed by atoms with Crippen molar-refractivity contribution in [3.05, 3.63) is 69.8 Å². The minimum atomic E-state index is -0.451. The fourth-order valence-corrected chi connectivity index (χ4v) is 2.55. The molecule has 0 aliphatic heterocycles. The molecule has 0 aliphatic rings. The Morgan fingerprint density at radius 3 is 2.52 bits per heavy atom. The van der Waals surface area contributed by atoms with Crippen molar-refractivity contribution in [2.75, 3.05) is 20.3 Å². The van der Waals surface area contributed by atoms with Gasteiger partial charge in [0, 0.05) is 17.6 Å². The van der Waals surface area contributed by atoms with Crippen molar-refractivity contribution in [2.24, 2.45) is 0 Å². The zero-order chi connectivity index (χ0) is 19.6. The molecule has 0 unspecified atom stereocenters. The predicted octanol–water partition coefficient (Wildman–Crippen LogP) is 2.73. The number of carbonyl (C=O) groups excluding carboxylic acids is 2. The van der Waals surface area contributed by atoms with E-state index in [0.717, 1.165) is 10.0 Å². The molecule has 0 saturated carbocycles. The maximum atomic E-state index is 12.7. The van der Waals surface area contributed by atoms with Crippen LogP contribution in [0.4, 0.5) is 0 Å². The van der Waals surface area contributed by atoms with Crippen LogP contribution in [0.2, 0.25) is 0 Å². The lowest BCUT2D eigenvalue weighted by Gasteiger charge is -2.12. The number of rotatable bonds is 8. The first-order chi connectivity index (χ1) is 13.0. The van der Waals surface area contributed by atoms with Gasteiger partial charge in [0.2, 0.25) is 0 Å². The monoisotopic (exact) mass is 432 g/mol. The minimum absolute atomic E-state index is 0.0282. The molecule has 0 aromatic heterocycles. The fraction of sp³-hybridized carbons (Fsp3) is 0.200. The Labute approximate surface area is 166 Å². The lowest BCUT2D eigenvalue weighted by Crippen LogP contribution is -2.35. The van der Waals surface area contributed by atoms with E-state index in [2.05, 4.69) is 26.6 Å². The van der Waals surface area contributed by atoms with E-state index in [1.54, 1.807) is 30.3 Å². The van der Waals surface area contributed by atoms with Crippen molar-refractivity contribution in [1.82, 2.24) is 10.6 Å². The molecule has 142 valence electrons. The lowest BCUT2D eigenvalue weighted by atomic mass is 10.1. The Balaban J connectivity index is 2.27. The number of methoxy groups -OCH3 is 1. The zero-order valence-electron chi connectivity index (χ0n) is 14.9. The number of ether oxygens (including phenoxy) is 1. The largest absolute Gasteiger partial charge is 0.496 e. The quantitative estimate of drug-likeness (QED) is 0.442. The number of hydrogen-bond acceptors (Lipinski definition) is 4. The van der Waals surface area contributed by atoms with Gasteiger partial charge < -0.3 is 20.5 Å². The summed E-state index contributed by atoms with van der Waals surface area (Å²) in [7, 11) is 1.48. The van der Waals surface area contributed by atoms with Crippen LogP contribution in [0.25, 0.3) is 6.08 Å². The molecule has 2 amide bonds. The van der Waals surface area contributed by atoms with Gasteiger partial charge in [-0.1, -0.05) is 40.2 Å². The summed E-state index contributed by atoms with van der Waals surface area (Å²) in [6, 6.07) is 14.1. The Hall–Kier alpha value is -2.64. The Morgan fingerprint density at radius 1 is 1.15 bits per heavy atom. The third-order valence-corrected chi connectivity index (χ3v) is 4.17. The number of nitrogens with one attached hydrogen (secondary N) is 2. The molecule has 7 heteroatoms. The summed E-state index contributed by atoms with van der Waals surface area (Å²) in [5, 5.41) is 14.2. The van der Waals surface area contributed by atoms with Crippen LogP contribution in [0.3, 0.4) is 0 Å². The summed E-state index contributed by atoms with van der Waals surface area (Å²) in [6.45, 7) is 0.275. The molecule has 0 bridgehead atoms. The molecule has 0 atom stereocenters. The summed E-state index contributed by atoms with van der Waals surface area (Å²) >= 11 is 3.36. The van der Waals surface area contributed by atoms with Crippen LogP contribution >= 0.6 is 15.9 Å². The molecule has 2 aromatic rings. The Kier molecular flexibility index (Phi) is 8.03. The minimum Gasteiger partial charge on any atom is -0.496 e. The zero-order valence-corrected chi connectivity index (χ0v) is 16.5. The molecular formula is C20H21BrN2O4. The van der Waals surface area contributed by atoms with Crippen LogP contribution in [0.15, 0.2) is 58.7 Å². The number of aliphatic hydroxyl groups excluding tert-OH is 1. The predicted molar refractivity (Wildman–Crippen MR) is 107 cm³/mol. The average Bonchev–Trinajstić information content (AvgIpc) is 2.69. The SMILES string of the molecule is COc1ccccc1C(=O)N/C(=C\c1ccc(Br)cc1)C(=O)NCCCO. The van der Waals surface area contributed by atoms with Gasteiger partial charge in [0.1, 0.15) is 11.4 Å². The molecule has 0 heterocycles. The van der Waals surface area contributed by atoms with E-state index in [0.29, 0.717) is 24.3 Å². The maximum Gasteiger partial charge on any atom is 0.267 e. The number of aliphatic hydroxyl groups is 1. The first-order valence-electron chi connectivity index (χ1n) is 8.36. The van der Waals surface area contributed by atoms with Crippen molar-refractivity contribution in [3.8, 4) is 5.75 Å². The van der Waals surface area contributed by atoms with Gasteiger partial charge in [-0.05, 0) is 42.3 Å². The number of amides is 2. The summed E-state index contributed by atoms with van der Waals surface area (Å²) in [5.74, 6) is -0.471.